The lowest BCUT2D eigenvalue weighted by molar-refractivity contribution is 0.559. The van der Waals surface area contributed by atoms with E-state index in [-0.39, 0.29) is 12.1 Å². The molecule has 2 N–H and O–H groups in total. The quantitative estimate of drug-likeness (QED) is 0.774. The van der Waals surface area contributed by atoms with E-state index in [0.29, 0.717) is 17.4 Å². The van der Waals surface area contributed by atoms with Crippen LogP contribution in [-0.4, -0.2) is 26.1 Å². The highest BCUT2D eigenvalue weighted by molar-refractivity contribution is 7.89. The Labute approximate surface area is 128 Å². The molecular weight excluding hydrogens is 286 g/mol. The Hall–Kier alpha value is -0.850. The molecule has 0 aromatic carbocycles. The van der Waals surface area contributed by atoms with Gasteiger partial charge in [-0.05, 0) is 45.7 Å². The van der Waals surface area contributed by atoms with E-state index in [2.05, 4.69) is 30.8 Å². The summed E-state index contributed by atoms with van der Waals surface area (Å²) in [6, 6.07) is 2.15. The third-order valence-electron chi connectivity index (χ3n) is 4.02. The van der Waals surface area contributed by atoms with Gasteiger partial charge in [-0.3, -0.25) is 0 Å². The van der Waals surface area contributed by atoms with Crippen LogP contribution in [0, 0.1) is 5.92 Å². The van der Waals surface area contributed by atoms with E-state index in [1.54, 1.807) is 12.3 Å². The first-order valence-electron chi connectivity index (χ1n) is 7.76. The molecule has 2 atom stereocenters. The predicted octanol–water partition coefficient (Wildman–Crippen LogP) is 2.26. The van der Waals surface area contributed by atoms with Gasteiger partial charge in [0.15, 0.2) is 0 Å². The molecule has 0 radical (unpaired) electrons. The van der Waals surface area contributed by atoms with Crippen molar-refractivity contribution in [2.75, 3.05) is 7.05 Å². The van der Waals surface area contributed by atoms with Gasteiger partial charge in [0.1, 0.15) is 0 Å². The van der Waals surface area contributed by atoms with Crippen molar-refractivity contribution in [2.24, 2.45) is 5.92 Å². The summed E-state index contributed by atoms with van der Waals surface area (Å²) >= 11 is 0. The van der Waals surface area contributed by atoms with Crippen LogP contribution in [0.2, 0.25) is 0 Å². The Bertz CT molecular complexity index is 578. The Morgan fingerprint density at radius 1 is 1.43 bits per heavy atom. The van der Waals surface area contributed by atoms with Crippen molar-refractivity contribution in [3.05, 3.63) is 18.0 Å². The number of rotatable bonds is 8. The molecule has 0 bridgehead atoms. The van der Waals surface area contributed by atoms with Gasteiger partial charge in [-0.1, -0.05) is 13.3 Å². The molecule has 120 valence electrons. The number of sulfonamides is 1. The summed E-state index contributed by atoms with van der Waals surface area (Å²) in [5.74, 6) is 0.522. The van der Waals surface area contributed by atoms with E-state index in [9.17, 15) is 8.42 Å². The van der Waals surface area contributed by atoms with E-state index in [4.69, 9.17) is 0 Å². The fourth-order valence-electron chi connectivity index (χ4n) is 2.80. The zero-order valence-electron chi connectivity index (χ0n) is 13.4. The number of hydrogen-bond acceptors (Lipinski definition) is 3. The summed E-state index contributed by atoms with van der Waals surface area (Å²) in [6.45, 7) is 6.91. The molecule has 1 heterocycles. The highest BCUT2D eigenvalue weighted by Crippen LogP contribution is 2.35. The molecule has 1 aromatic heterocycles. The lowest BCUT2D eigenvalue weighted by atomic mass is 10.2. The summed E-state index contributed by atoms with van der Waals surface area (Å²) < 4.78 is 29.8. The molecule has 5 nitrogen and oxygen atoms in total. The summed E-state index contributed by atoms with van der Waals surface area (Å²) in [5, 5.41) is 3.08. The first kappa shape index (κ1) is 16.5. The second kappa shape index (κ2) is 6.50. The third kappa shape index (κ3) is 3.87. The fraction of sp³-hybridized carbons (Fsp3) is 0.733. The van der Waals surface area contributed by atoms with Gasteiger partial charge in [0.2, 0.25) is 10.0 Å². The monoisotopic (exact) mass is 313 g/mol. The molecule has 1 fully saturated rings. The van der Waals surface area contributed by atoms with Crippen LogP contribution in [0.3, 0.4) is 0 Å². The standard InChI is InChI=1S/C15H27N3O2S/c1-5-6-12-7-15(12)17-21(19,20)14-8-13(9-16-4)18(10-14)11(2)3/h8,10-12,15-17H,5-7,9H2,1-4H3. The average Bonchev–Trinajstić information content (AvgIpc) is 2.95. The maximum atomic E-state index is 12.5. The van der Waals surface area contributed by atoms with Gasteiger partial charge >= 0.3 is 0 Å². The van der Waals surface area contributed by atoms with Gasteiger partial charge in [0.05, 0.1) is 4.90 Å². The smallest absolute Gasteiger partial charge is 0.242 e. The minimum Gasteiger partial charge on any atom is -0.346 e. The normalized spacial score (nSPS) is 22.0. The molecule has 2 rings (SSSR count). The van der Waals surface area contributed by atoms with Crippen molar-refractivity contribution >= 4 is 10.0 Å². The molecular formula is C15H27N3O2S. The number of hydrogen-bond donors (Lipinski definition) is 2. The molecule has 21 heavy (non-hydrogen) atoms. The van der Waals surface area contributed by atoms with Crippen LogP contribution < -0.4 is 10.0 Å². The maximum absolute atomic E-state index is 12.5. The van der Waals surface area contributed by atoms with Crippen LogP contribution in [-0.2, 0) is 16.6 Å². The van der Waals surface area contributed by atoms with Crippen molar-refractivity contribution in [3.8, 4) is 0 Å². The van der Waals surface area contributed by atoms with Crippen LogP contribution in [0.4, 0.5) is 0 Å². The van der Waals surface area contributed by atoms with E-state index in [1.165, 1.54) is 0 Å². The van der Waals surface area contributed by atoms with E-state index in [1.807, 2.05) is 11.6 Å². The molecule has 0 amide bonds. The SMILES string of the molecule is CCCC1CC1NS(=O)(=O)c1cc(CNC)n(C(C)C)c1. The van der Waals surface area contributed by atoms with Crippen LogP contribution >= 0.6 is 0 Å². The number of nitrogens with one attached hydrogen (secondary N) is 2. The van der Waals surface area contributed by atoms with E-state index < -0.39 is 10.0 Å². The van der Waals surface area contributed by atoms with Gasteiger partial charge < -0.3 is 9.88 Å². The first-order valence-corrected chi connectivity index (χ1v) is 9.25. The van der Waals surface area contributed by atoms with Crippen molar-refractivity contribution in [1.29, 1.82) is 0 Å². The van der Waals surface area contributed by atoms with Crippen molar-refractivity contribution in [1.82, 2.24) is 14.6 Å². The van der Waals surface area contributed by atoms with Crippen molar-refractivity contribution in [3.63, 3.8) is 0 Å². The molecule has 0 spiro atoms. The fourth-order valence-corrected chi connectivity index (χ4v) is 4.16. The Morgan fingerprint density at radius 3 is 2.71 bits per heavy atom. The lowest BCUT2D eigenvalue weighted by Gasteiger charge is -2.12. The minimum atomic E-state index is -3.40. The summed E-state index contributed by atoms with van der Waals surface area (Å²) in [5.41, 5.74) is 0.994. The highest BCUT2D eigenvalue weighted by Gasteiger charge is 2.39. The Kier molecular flexibility index (Phi) is 5.11. The van der Waals surface area contributed by atoms with Crippen LogP contribution in [0.15, 0.2) is 17.2 Å². The van der Waals surface area contributed by atoms with Gasteiger partial charge in [-0.2, -0.15) is 0 Å². The van der Waals surface area contributed by atoms with Crippen molar-refractivity contribution < 1.29 is 8.42 Å². The first-order chi connectivity index (χ1) is 9.89. The summed E-state index contributed by atoms with van der Waals surface area (Å²) in [4.78, 5) is 0.378. The molecule has 0 aliphatic heterocycles. The predicted molar refractivity (Wildman–Crippen MR) is 84.7 cm³/mol. The zero-order valence-corrected chi connectivity index (χ0v) is 14.2. The molecule has 6 heteroatoms. The largest absolute Gasteiger partial charge is 0.346 e. The third-order valence-corrected chi connectivity index (χ3v) is 5.48. The lowest BCUT2D eigenvalue weighted by Crippen LogP contribution is -2.26. The minimum absolute atomic E-state index is 0.130. The molecule has 2 unspecified atom stereocenters. The highest BCUT2D eigenvalue weighted by atomic mass is 32.2. The number of aromatic nitrogens is 1. The van der Waals surface area contributed by atoms with Crippen LogP contribution in [0.5, 0.6) is 0 Å². The zero-order chi connectivity index (χ0) is 15.6. The van der Waals surface area contributed by atoms with Crippen LogP contribution in [0.1, 0.15) is 51.8 Å². The van der Waals surface area contributed by atoms with Crippen molar-refractivity contribution in [2.45, 2.75) is 63.6 Å². The number of nitrogens with zero attached hydrogens (tertiary/aromatic N) is 1. The molecule has 0 saturated heterocycles. The molecule has 1 aliphatic carbocycles. The molecule has 1 aromatic rings. The summed E-state index contributed by atoms with van der Waals surface area (Å²) in [7, 11) is -1.54. The van der Waals surface area contributed by atoms with E-state index >= 15 is 0 Å². The molecule has 1 saturated carbocycles. The van der Waals surface area contributed by atoms with Crippen LogP contribution in [0.25, 0.3) is 0 Å². The second-order valence-electron chi connectivity index (χ2n) is 6.21. The Balaban J connectivity index is 2.15. The van der Waals surface area contributed by atoms with Gasteiger partial charge in [0.25, 0.3) is 0 Å². The second-order valence-corrected chi connectivity index (χ2v) is 7.92. The Morgan fingerprint density at radius 2 is 2.14 bits per heavy atom. The maximum Gasteiger partial charge on any atom is 0.242 e. The average molecular weight is 313 g/mol. The summed E-state index contributed by atoms with van der Waals surface area (Å²) in [6.07, 6.45) is 4.93. The molecule has 1 aliphatic rings. The van der Waals surface area contributed by atoms with Gasteiger partial charge in [-0.15, -0.1) is 0 Å². The van der Waals surface area contributed by atoms with Gasteiger partial charge in [0, 0.05) is 30.5 Å². The van der Waals surface area contributed by atoms with E-state index in [0.717, 1.165) is 25.0 Å². The topological polar surface area (TPSA) is 63.1 Å². The van der Waals surface area contributed by atoms with Gasteiger partial charge in [-0.25, -0.2) is 13.1 Å².